The molecule has 0 radical (unpaired) electrons. The molecule has 5 fully saturated rings. The lowest BCUT2D eigenvalue weighted by Crippen LogP contribution is -2.57. The van der Waals surface area contributed by atoms with Crippen LogP contribution in [-0.4, -0.2) is 33.5 Å². The van der Waals surface area contributed by atoms with Crippen LogP contribution in [0.5, 0.6) is 0 Å². The average molecular weight is 473 g/mol. The molecule has 2 spiro atoms. The van der Waals surface area contributed by atoms with Gasteiger partial charge in [0.2, 0.25) is 0 Å². The van der Waals surface area contributed by atoms with Gasteiger partial charge in [-0.25, -0.2) is 4.79 Å². The van der Waals surface area contributed by atoms with Gasteiger partial charge in [0.1, 0.15) is 0 Å². The van der Waals surface area contributed by atoms with E-state index < -0.39 is 12.1 Å². The fourth-order valence-corrected chi connectivity index (χ4v) is 11.1. The van der Waals surface area contributed by atoms with Gasteiger partial charge in [0.25, 0.3) is 0 Å². The molecule has 0 unspecified atom stereocenters. The number of aliphatic hydroxyl groups excluding tert-OH is 2. The van der Waals surface area contributed by atoms with E-state index in [2.05, 4.69) is 34.6 Å². The second kappa shape index (κ2) is 7.57. The summed E-state index contributed by atoms with van der Waals surface area (Å²) in [6.07, 6.45) is 12.7. The third kappa shape index (κ3) is 2.93. The average Bonchev–Trinajstić information content (AvgIpc) is 3.37. The fourth-order valence-electron chi connectivity index (χ4n) is 11.1. The Hall–Kier alpha value is -0.870. The molecule has 3 N–H and O–H groups in total. The number of hydrogen-bond acceptors (Lipinski definition) is 3. The van der Waals surface area contributed by atoms with E-state index in [9.17, 15) is 20.1 Å². The summed E-state index contributed by atoms with van der Waals surface area (Å²) in [6, 6.07) is 0. The second-order valence-electron chi connectivity index (χ2n) is 14.4. The van der Waals surface area contributed by atoms with E-state index in [0.29, 0.717) is 40.1 Å². The van der Waals surface area contributed by atoms with Crippen LogP contribution >= 0.6 is 0 Å². The molecule has 0 aromatic rings. The van der Waals surface area contributed by atoms with Gasteiger partial charge in [-0.05, 0) is 122 Å². The van der Waals surface area contributed by atoms with Gasteiger partial charge in [-0.1, -0.05) is 40.7 Å². The lowest BCUT2D eigenvalue weighted by molar-refractivity contribution is -0.163. The molecule has 5 saturated carbocycles. The molecular formula is C30H48O4. The highest BCUT2D eigenvalue weighted by Crippen LogP contribution is 2.89. The predicted molar refractivity (Wildman–Crippen MR) is 134 cm³/mol. The Morgan fingerprint density at radius 2 is 1.59 bits per heavy atom. The standard InChI is InChI=1S/C30H48O4/c1-18(25(33)34)7-8-21(31)19(2)20-11-13-28(6)23-10-9-22-26(3,4)24(32)12-14-29(22)17-30(23,29)16-15-27(20,28)5/h7,19-24,31-32H,8-17H2,1-6H3,(H,33,34)/b18-7+/t19-,20+,21-,22-,23-,24-,27+,28-,29+,30-/m0/s1. The number of rotatable bonds is 5. The van der Waals surface area contributed by atoms with E-state index >= 15 is 0 Å². The maximum atomic E-state index is 11.2. The Morgan fingerprint density at radius 3 is 2.26 bits per heavy atom. The van der Waals surface area contributed by atoms with Gasteiger partial charge in [-0.3, -0.25) is 0 Å². The quantitative estimate of drug-likeness (QED) is 0.416. The highest BCUT2D eigenvalue weighted by Gasteiger charge is 2.82. The Morgan fingerprint density at radius 1 is 0.941 bits per heavy atom. The molecule has 5 rings (SSSR count). The van der Waals surface area contributed by atoms with Gasteiger partial charge in [-0.2, -0.15) is 0 Å². The van der Waals surface area contributed by atoms with Crippen LogP contribution in [-0.2, 0) is 4.79 Å². The molecular weight excluding hydrogens is 424 g/mol. The lowest BCUT2D eigenvalue weighted by atomic mass is 9.41. The SMILES string of the molecule is C/C(=C\C[C@H](O)[C@@H](C)[C@H]1CC[C@@]2(C)[C@@H]3CC[C@H]4C(C)(C)[C@@H](O)CC[C@@]45C[C@@]35CC[C@]12C)C(=O)O. The zero-order valence-corrected chi connectivity index (χ0v) is 22.4. The summed E-state index contributed by atoms with van der Waals surface area (Å²) >= 11 is 0. The summed E-state index contributed by atoms with van der Waals surface area (Å²) < 4.78 is 0. The normalized spacial score (nSPS) is 50.9. The van der Waals surface area contributed by atoms with Crippen molar-refractivity contribution in [2.24, 2.45) is 50.7 Å². The minimum Gasteiger partial charge on any atom is -0.478 e. The molecule has 0 aliphatic heterocycles. The Bertz CT molecular complexity index is 892. The van der Waals surface area contributed by atoms with Crippen LogP contribution in [0.4, 0.5) is 0 Å². The van der Waals surface area contributed by atoms with Crippen molar-refractivity contribution in [2.45, 2.75) is 118 Å². The van der Waals surface area contributed by atoms with E-state index in [1.807, 2.05) is 0 Å². The van der Waals surface area contributed by atoms with Crippen LogP contribution in [0.25, 0.3) is 0 Å². The van der Waals surface area contributed by atoms with E-state index in [1.165, 1.54) is 51.4 Å². The van der Waals surface area contributed by atoms with Crippen molar-refractivity contribution in [3.63, 3.8) is 0 Å². The molecule has 10 atom stereocenters. The molecule has 5 aliphatic rings. The summed E-state index contributed by atoms with van der Waals surface area (Å²) in [5.74, 6) is 1.19. The van der Waals surface area contributed by atoms with E-state index in [-0.39, 0.29) is 22.9 Å². The number of aliphatic carboxylic acids is 1. The van der Waals surface area contributed by atoms with Crippen molar-refractivity contribution in [1.82, 2.24) is 0 Å². The summed E-state index contributed by atoms with van der Waals surface area (Å²) in [5, 5.41) is 31.1. The minimum absolute atomic E-state index is 0.0345. The van der Waals surface area contributed by atoms with Crippen molar-refractivity contribution in [2.75, 3.05) is 0 Å². The first-order chi connectivity index (χ1) is 15.8. The zero-order chi connectivity index (χ0) is 24.9. The van der Waals surface area contributed by atoms with E-state index in [4.69, 9.17) is 0 Å². The minimum atomic E-state index is -0.898. The van der Waals surface area contributed by atoms with Gasteiger partial charge < -0.3 is 15.3 Å². The van der Waals surface area contributed by atoms with Crippen LogP contribution in [0.2, 0.25) is 0 Å². The third-order valence-corrected chi connectivity index (χ3v) is 13.4. The second-order valence-corrected chi connectivity index (χ2v) is 14.4. The first kappa shape index (κ1) is 24.8. The van der Waals surface area contributed by atoms with Crippen molar-refractivity contribution >= 4 is 5.97 Å². The van der Waals surface area contributed by atoms with Gasteiger partial charge in [0.05, 0.1) is 12.2 Å². The smallest absolute Gasteiger partial charge is 0.330 e. The van der Waals surface area contributed by atoms with Gasteiger partial charge in [0, 0.05) is 5.57 Å². The number of hydrogen-bond donors (Lipinski definition) is 3. The van der Waals surface area contributed by atoms with Crippen molar-refractivity contribution in [3.8, 4) is 0 Å². The maximum Gasteiger partial charge on any atom is 0.330 e. The maximum absolute atomic E-state index is 11.2. The molecule has 192 valence electrons. The monoisotopic (exact) mass is 472 g/mol. The highest BCUT2D eigenvalue weighted by molar-refractivity contribution is 5.85. The molecule has 4 heteroatoms. The molecule has 0 aromatic heterocycles. The topological polar surface area (TPSA) is 77.8 Å². The summed E-state index contributed by atoms with van der Waals surface area (Å²) in [7, 11) is 0. The molecule has 34 heavy (non-hydrogen) atoms. The Labute approximate surface area is 206 Å². The molecule has 4 nitrogen and oxygen atoms in total. The fraction of sp³-hybridized carbons (Fsp3) is 0.900. The van der Waals surface area contributed by atoms with E-state index in [0.717, 1.165) is 12.3 Å². The number of aliphatic hydroxyl groups is 2. The van der Waals surface area contributed by atoms with Crippen molar-refractivity contribution in [3.05, 3.63) is 11.6 Å². The van der Waals surface area contributed by atoms with Crippen LogP contribution in [0, 0.1) is 50.7 Å². The molecule has 0 aromatic carbocycles. The Kier molecular flexibility index (Phi) is 5.52. The van der Waals surface area contributed by atoms with Gasteiger partial charge in [-0.15, -0.1) is 0 Å². The van der Waals surface area contributed by atoms with Gasteiger partial charge in [0.15, 0.2) is 0 Å². The molecule has 0 amide bonds. The summed E-state index contributed by atoms with van der Waals surface area (Å²) in [6.45, 7) is 13.6. The lowest BCUT2D eigenvalue weighted by Gasteiger charge is -2.63. The largest absolute Gasteiger partial charge is 0.478 e. The first-order valence-electron chi connectivity index (χ1n) is 14.0. The summed E-state index contributed by atoms with van der Waals surface area (Å²) in [4.78, 5) is 11.2. The van der Waals surface area contributed by atoms with E-state index in [1.54, 1.807) is 13.0 Å². The summed E-state index contributed by atoms with van der Waals surface area (Å²) in [5.41, 5.74) is 1.85. The highest BCUT2D eigenvalue weighted by atomic mass is 16.4. The first-order valence-corrected chi connectivity index (χ1v) is 14.0. The molecule has 0 heterocycles. The number of carboxylic acids is 1. The predicted octanol–water partition coefficient (Wildman–Crippen LogP) is 6.20. The molecule has 0 bridgehead atoms. The molecule has 5 aliphatic carbocycles. The number of carbonyl (C=O) groups is 1. The molecule has 0 saturated heterocycles. The van der Waals surface area contributed by atoms with Crippen molar-refractivity contribution in [1.29, 1.82) is 0 Å². The van der Waals surface area contributed by atoms with Gasteiger partial charge >= 0.3 is 5.97 Å². The van der Waals surface area contributed by atoms with Crippen LogP contribution < -0.4 is 0 Å². The van der Waals surface area contributed by atoms with Crippen molar-refractivity contribution < 1.29 is 20.1 Å². The number of carboxylic acid groups (broad SMARTS) is 1. The van der Waals surface area contributed by atoms with Crippen LogP contribution in [0.15, 0.2) is 11.6 Å². The van der Waals surface area contributed by atoms with Crippen LogP contribution in [0.3, 0.4) is 0 Å². The zero-order valence-electron chi connectivity index (χ0n) is 22.4. The Balaban J connectivity index is 1.39. The third-order valence-electron chi connectivity index (χ3n) is 13.4. The number of fused-ring (bicyclic) bond motifs is 2. The van der Waals surface area contributed by atoms with Crippen LogP contribution in [0.1, 0.15) is 106 Å².